The number of methoxy groups -OCH3 is 1. The number of non-ortho nitro benzene ring substituents is 1. The van der Waals surface area contributed by atoms with Crippen molar-refractivity contribution in [3.63, 3.8) is 0 Å². The lowest BCUT2D eigenvalue weighted by Crippen LogP contribution is -2.34. The monoisotopic (exact) mass is 326 g/mol. The second-order valence-electron chi connectivity index (χ2n) is 5.82. The third kappa shape index (κ3) is 6.11. The number of hydrogen-bond donors (Lipinski definition) is 0. The maximum Gasteiger partial charge on any atom is 0.414 e. The summed E-state index contributed by atoms with van der Waals surface area (Å²) >= 11 is 0. The number of carbonyl (C=O) groups excluding carboxylic acids is 1. The summed E-state index contributed by atoms with van der Waals surface area (Å²) < 4.78 is 15.5. The molecule has 0 saturated carbocycles. The van der Waals surface area contributed by atoms with Gasteiger partial charge in [0.25, 0.3) is 5.69 Å². The summed E-state index contributed by atoms with van der Waals surface area (Å²) in [5.41, 5.74) is -0.532. The van der Waals surface area contributed by atoms with Gasteiger partial charge in [0.15, 0.2) is 0 Å². The van der Waals surface area contributed by atoms with E-state index in [2.05, 4.69) is 0 Å². The number of nitrogens with zero attached hydrogens (tertiary/aromatic N) is 2. The number of anilines is 1. The van der Waals surface area contributed by atoms with Crippen molar-refractivity contribution in [2.24, 2.45) is 0 Å². The quantitative estimate of drug-likeness (QED) is 0.453. The molecule has 0 fully saturated rings. The highest BCUT2D eigenvalue weighted by Gasteiger charge is 2.22. The van der Waals surface area contributed by atoms with Crippen LogP contribution in [0.25, 0.3) is 0 Å². The largest absolute Gasteiger partial charge is 0.491 e. The first kappa shape index (κ1) is 18.7. The van der Waals surface area contributed by atoms with E-state index in [1.165, 1.54) is 37.3 Å². The molecule has 0 atom stereocenters. The van der Waals surface area contributed by atoms with Gasteiger partial charge in [-0.2, -0.15) is 0 Å². The van der Waals surface area contributed by atoms with Crippen molar-refractivity contribution in [3.8, 4) is 5.75 Å². The van der Waals surface area contributed by atoms with Gasteiger partial charge in [0.05, 0.1) is 23.3 Å². The first-order valence-electron chi connectivity index (χ1n) is 7.02. The lowest BCUT2D eigenvalue weighted by Gasteiger charge is -2.24. The molecule has 128 valence electrons. The average Bonchev–Trinajstić information content (AvgIpc) is 2.44. The van der Waals surface area contributed by atoms with Crippen LogP contribution in [0.4, 0.5) is 16.2 Å². The molecule has 0 aromatic heterocycles. The first-order valence-corrected chi connectivity index (χ1v) is 7.02. The van der Waals surface area contributed by atoms with Crippen LogP contribution in [0.1, 0.15) is 20.8 Å². The Bertz CT molecular complexity index is 568. The van der Waals surface area contributed by atoms with Crippen LogP contribution < -0.4 is 9.64 Å². The summed E-state index contributed by atoms with van der Waals surface area (Å²) in [6.07, 6.45) is -0.610. The number of rotatable bonds is 6. The third-order valence-electron chi connectivity index (χ3n) is 2.70. The van der Waals surface area contributed by atoms with Crippen LogP contribution in [0.15, 0.2) is 18.2 Å². The molecule has 0 saturated heterocycles. The van der Waals surface area contributed by atoms with Crippen molar-refractivity contribution < 1.29 is 23.9 Å². The minimum absolute atomic E-state index is 0.176. The van der Waals surface area contributed by atoms with E-state index in [4.69, 9.17) is 14.2 Å². The molecule has 0 aliphatic rings. The third-order valence-corrected chi connectivity index (χ3v) is 2.70. The van der Waals surface area contributed by atoms with Crippen LogP contribution in [0.3, 0.4) is 0 Å². The first-order chi connectivity index (χ1) is 10.6. The Balaban J connectivity index is 3.03. The molecule has 1 aromatic carbocycles. The molecule has 0 spiro atoms. The van der Waals surface area contributed by atoms with Gasteiger partial charge in [0.1, 0.15) is 18.0 Å². The molecular weight excluding hydrogens is 304 g/mol. The Kier molecular flexibility index (Phi) is 6.32. The van der Waals surface area contributed by atoms with Gasteiger partial charge in [-0.25, -0.2) is 4.79 Å². The number of benzene rings is 1. The molecule has 0 unspecified atom stereocenters. The van der Waals surface area contributed by atoms with E-state index in [0.29, 0.717) is 12.3 Å². The van der Waals surface area contributed by atoms with Crippen LogP contribution in [-0.4, -0.2) is 44.0 Å². The van der Waals surface area contributed by atoms with Gasteiger partial charge in [-0.05, 0) is 20.8 Å². The number of amides is 1. The van der Waals surface area contributed by atoms with Gasteiger partial charge in [-0.1, -0.05) is 0 Å². The second kappa shape index (κ2) is 7.77. The zero-order chi connectivity index (χ0) is 17.6. The van der Waals surface area contributed by atoms with Gasteiger partial charge >= 0.3 is 6.09 Å². The maximum atomic E-state index is 12.1. The summed E-state index contributed by atoms with van der Waals surface area (Å²) in [6.45, 7) is 5.82. The Labute approximate surface area is 135 Å². The number of nitro benzene ring substituents is 1. The molecule has 1 amide bonds. The molecule has 0 radical (unpaired) electrons. The average molecular weight is 326 g/mol. The highest BCUT2D eigenvalue weighted by atomic mass is 16.6. The molecule has 1 rings (SSSR count). The fourth-order valence-corrected chi connectivity index (χ4v) is 1.63. The maximum absolute atomic E-state index is 12.1. The zero-order valence-corrected chi connectivity index (χ0v) is 14.0. The number of ether oxygens (including phenoxy) is 3. The zero-order valence-electron chi connectivity index (χ0n) is 14.0. The van der Waals surface area contributed by atoms with Crippen LogP contribution in [-0.2, 0) is 9.47 Å². The van der Waals surface area contributed by atoms with E-state index in [1.807, 2.05) is 0 Å². The van der Waals surface area contributed by atoms with E-state index >= 15 is 0 Å². The minimum Gasteiger partial charge on any atom is -0.491 e. The summed E-state index contributed by atoms with van der Waals surface area (Å²) in [5.74, 6) is 0.279. The van der Waals surface area contributed by atoms with Crippen LogP contribution >= 0.6 is 0 Å². The lowest BCUT2D eigenvalue weighted by molar-refractivity contribution is -0.384. The summed E-state index contributed by atoms with van der Waals surface area (Å²) in [4.78, 5) is 23.8. The predicted octanol–water partition coefficient (Wildman–Crippen LogP) is 2.99. The Hall–Kier alpha value is -2.35. The Morgan fingerprint density at radius 3 is 2.43 bits per heavy atom. The molecule has 8 heteroatoms. The molecule has 0 aliphatic heterocycles. The van der Waals surface area contributed by atoms with Crippen LogP contribution in [0.5, 0.6) is 5.75 Å². The summed E-state index contributed by atoms with van der Waals surface area (Å²) in [5, 5.41) is 11.0. The van der Waals surface area contributed by atoms with E-state index in [-0.39, 0.29) is 18.0 Å². The molecule has 8 nitrogen and oxygen atoms in total. The van der Waals surface area contributed by atoms with Crippen molar-refractivity contribution in [2.45, 2.75) is 26.4 Å². The van der Waals surface area contributed by atoms with Crippen molar-refractivity contribution in [2.75, 3.05) is 32.3 Å². The van der Waals surface area contributed by atoms with Gasteiger partial charge < -0.3 is 14.2 Å². The summed E-state index contributed by atoms with van der Waals surface area (Å²) in [6, 6.07) is 4.11. The molecule has 1 aromatic rings. The predicted molar refractivity (Wildman–Crippen MR) is 85.1 cm³/mol. The number of hydrogen-bond acceptors (Lipinski definition) is 6. The topological polar surface area (TPSA) is 91.1 Å². The van der Waals surface area contributed by atoms with E-state index in [9.17, 15) is 14.9 Å². The van der Waals surface area contributed by atoms with Crippen LogP contribution in [0.2, 0.25) is 0 Å². The van der Waals surface area contributed by atoms with Gasteiger partial charge in [-0.3, -0.25) is 15.0 Å². The smallest absolute Gasteiger partial charge is 0.414 e. The molecular formula is C15H22N2O6. The SMILES string of the molecule is COCCOc1cc(N(C)C(=O)OC(C)(C)C)cc([N+](=O)[O-])c1. The summed E-state index contributed by atoms with van der Waals surface area (Å²) in [7, 11) is 3.00. The minimum atomic E-state index is -0.663. The van der Waals surface area contributed by atoms with Crippen molar-refractivity contribution >= 4 is 17.5 Å². The molecule has 0 bridgehead atoms. The Morgan fingerprint density at radius 1 is 1.26 bits per heavy atom. The van der Waals surface area contributed by atoms with Gasteiger partial charge in [-0.15, -0.1) is 0 Å². The fourth-order valence-electron chi connectivity index (χ4n) is 1.63. The van der Waals surface area contributed by atoms with Crippen molar-refractivity contribution in [1.82, 2.24) is 0 Å². The van der Waals surface area contributed by atoms with E-state index < -0.39 is 16.6 Å². The van der Waals surface area contributed by atoms with Crippen molar-refractivity contribution in [3.05, 3.63) is 28.3 Å². The Morgan fingerprint density at radius 2 is 1.91 bits per heavy atom. The van der Waals surface area contributed by atoms with E-state index in [0.717, 1.165) is 0 Å². The van der Waals surface area contributed by atoms with Crippen molar-refractivity contribution in [1.29, 1.82) is 0 Å². The normalized spacial score (nSPS) is 11.0. The molecule has 0 heterocycles. The fraction of sp³-hybridized carbons (Fsp3) is 0.533. The molecule has 0 aliphatic carbocycles. The standard InChI is InChI=1S/C15H22N2O6/c1-15(2,3)23-14(18)16(4)11-8-12(17(19)20)10-13(9-11)22-7-6-21-5/h8-10H,6-7H2,1-5H3. The highest BCUT2D eigenvalue weighted by Crippen LogP contribution is 2.28. The second-order valence-corrected chi connectivity index (χ2v) is 5.82. The highest BCUT2D eigenvalue weighted by molar-refractivity contribution is 5.88. The number of nitro groups is 1. The number of carbonyl (C=O) groups is 1. The van der Waals surface area contributed by atoms with Gasteiger partial charge in [0.2, 0.25) is 0 Å². The van der Waals surface area contributed by atoms with Gasteiger partial charge in [0, 0.05) is 26.3 Å². The van der Waals surface area contributed by atoms with Crippen LogP contribution in [0, 0.1) is 10.1 Å². The molecule has 0 N–H and O–H groups in total. The molecule has 23 heavy (non-hydrogen) atoms. The van der Waals surface area contributed by atoms with E-state index in [1.54, 1.807) is 20.8 Å². The lowest BCUT2D eigenvalue weighted by atomic mass is 10.2.